The third-order valence-electron chi connectivity index (χ3n) is 3.95. The number of H-pyrrole nitrogens is 1. The van der Waals surface area contributed by atoms with Crippen LogP contribution in [-0.4, -0.2) is 38.9 Å². The third kappa shape index (κ3) is 4.05. The van der Waals surface area contributed by atoms with E-state index in [1.54, 1.807) is 7.05 Å². The predicted octanol–water partition coefficient (Wildman–Crippen LogP) is 1.45. The summed E-state index contributed by atoms with van der Waals surface area (Å²) in [5.41, 5.74) is 0.0149. The quantitative estimate of drug-likeness (QED) is 0.640. The Balaban J connectivity index is 2.31. The maximum absolute atomic E-state index is 12.3. The van der Waals surface area contributed by atoms with Gasteiger partial charge in [0, 0.05) is 33.4 Å². The minimum absolute atomic E-state index is 0.389. The largest absolute Gasteiger partial charge is 0.382 e. The summed E-state index contributed by atoms with van der Waals surface area (Å²) in [5, 5.41) is 3.27. The van der Waals surface area contributed by atoms with Gasteiger partial charge in [-0.2, -0.15) is 4.98 Å². The molecule has 0 aliphatic rings. The Morgan fingerprint density at radius 1 is 1.21 bits per heavy atom. The Morgan fingerprint density at radius 2 is 2.00 bits per heavy atom. The SMILES string of the molecule is CCCCCn1c(NCCCOCC)nc2c1c(=O)[nH]c(=O)n2C. The second-order valence-corrected chi connectivity index (χ2v) is 5.76. The van der Waals surface area contributed by atoms with Crippen LogP contribution in [-0.2, 0) is 18.3 Å². The molecule has 0 aliphatic carbocycles. The van der Waals surface area contributed by atoms with E-state index in [1.165, 1.54) is 4.57 Å². The van der Waals surface area contributed by atoms with Crippen molar-refractivity contribution in [2.75, 3.05) is 25.1 Å². The van der Waals surface area contributed by atoms with E-state index in [9.17, 15) is 9.59 Å². The van der Waals surface area contributed by atoms with Gasteiger partial charge in [0.1, 0.15) is 0 Å². The molecule has 2 aromatic heterocycles. The highest BCUT2D eigenvalue weighted by Crippen LogP contribution is 2.16. The van der Waals surface area contributed by atoms with E-state index < -0.39 is 5.69 Å². The molecule has 24 heavy (non-hydrogen) atoms. The van der Waals surface area contributed by atoms with Crippen LogP contribution < -0.4 is 16.6 Å². The molecule has 8 nitrogen and oxygen atoms in total. The van der Waals surface area contributed by atoms with E-state index in [-0.39, 0.29) is 5.56 Å². The highest BCUT2D eigenvalue weighted by molar-refractivity contribution is 5.74. The fraction of sp³-hybridized carbons (Fsp3) is 0.688. The first-order valence-corrected chi connectivity index (χ1v) is 8.61. The van der Waals surface area contributed by atoms with Crippen molar-refractivity contribution >= 4 is 17.1 Å². The van der Waals surface area contributed by atoms with Crippen LogP contribution in [0.2, 0.25) is 0 Å². The zero-order valence-electron chi connectivity index (χ0n) is 14.7. The fourth-order valence-corrected chi connectivity index (χ4v) is 2.63. The average molecular weight is 337 g/mol. The summed E-state index contributed by atoms with van der Waals surface area (Å²) in [6.45, 7) is 6.87. The van der Waals surface area contributed by atoms with Crippen molar-refractivity contribution in [1.29, 1.82) is 0 Å². The first-order chi connectivity index (χ1) is 11.6. The molecule has 0 bridgehead atoms. The summed E-state index contributed by atoms with van der Waals surface area (Å²) >= 11 is 0. The number of aryl methyl sites for hydroxylation is 2. The lowest BCUT2D eigenvalue weighted by Gasteiger charge is -2.10. The number of nitrogens with one attached hydrogen (secondary N) is 2. The van der Waals surface area contributed by atoms with Crippen LogP contribution in [0.15, 0.2) is 9.59 Å². The van der Waals surface area contributed by atoms with Crippen molar-refractivity contribution in [1.82, 2.24) is 19.1 Å². The summed E-state index contributed by atoms with van der Waals surface area (Å²) in [6.07, 6.45) is 3.98. The summed E-state index contributed by atoms with van der Waals surface area (Å²) in [4.78, 5) is 30.9. The Morgan fingerprint density at radius 3 is 2.71 bits per heavy atom. The van der Waals surface area contributed by atoms with Gasteiger partial charge in [0.05, 0.1) is 0 Å². The van der Waals surface area contributed by atoms with E-state index in [0.29, 0.717) is 43.4 Å². The average Bonchev–Trinajstić information content (AvgIpc) is 2.92. The maximum atomic E-state index is 12.3. The summed E-state index contributed by atoms with van der Waals surface area (Å²) in [7, 11) is 1.61. The van der Waals surface area contributed by atoms with Gasteiger partial charge in [-0.25, -0.2) is 4.79 Å². The number of aromatic amines is 1. The minimum atomic E-state index is -0.450. The van der Waals surface area contributed by atoms with Crippen LogP contribution in [0.5, 0.6) is 0 Å². The molecule has 2 rings (SSSR count). The Bertz CT molecular complexity index is 774. The molecule has 134 valence electrons. The molecule has 0 aromatic carbocycles. The number of imidazole rings is 1. The van der Waals surface area contributed by atoms with E-state index >= 15 is 0 Å². The molecular weight excluding hydrogens is 310 g/mol. The number of aromatic nitrogens is 4. The van der Waals surface area contributed by atoms with Gasteiger partial charge in [-0.05, 0) is 19.8 Å². The standard InChI is InChI=1S/C16H27N5O3/c1-4-6-7-10-21-12-13(20(3)16(23)19-14(12)22)18-15(21)17-9-8-11-24-5-2/h4-11H2,1-3H3,(H,17,18)(H,19,22,23). The lowest BCUT2D eigenvalue weighted by molar-refractivity contribution is 0.147. The molecule has 8 heteroatoms. The molecule has 0 amide bonds. The number of unbranched alkanes of at least 4 members (excludes halogenated alkanes) is 2. The first-order valence-electron chi connectivity index (χ1n) is 8.61. The molecule has 0 fully saturated rings. The zero-order valence-corrected chi connectivity index (χ0v) is 14.7. The number of anilines is 1. The van der Waals surface area contributed by atoms with Crippen LogP contribution in [0.3, 0.4) is 0 Å². The number of rotatable bonds is 10. The second kappa shape index (κ2) is 8.68. The highest BCUT2D eigenvalue weighted by atomic mass is 16.5. The van der Waals surface area contributed by atoms with Crippen LogP contribution in [0.4, 0.5) is 5.95 Å². The van der Waals surface area contributed by atoms with Gasteiger partial charge in [0.15, 0.2) is 11.2 Å². The molecule has 0 aliphatic heterocycles. The van der Waals surface area contributed by atoms with Gasteiger partial charge in [-0.15, -0.1) is 0 Å². The number of nitrogens with zero attached hydrogens (tertiary/aromatic N) is 3. The molecule has 0 spiro atoms. The molecule has 0 unspecified atom stereocenters. The summed E-state index contributed by atoms with van der Waals surface area (Å²) in [5.74, 6) is 0.629. The van der Waals surface area contributed by atoms with Crippen molar-refractivity contribution in [2.45, 2.75) is 46.1 Å². The van der Waals surface area contributed by atoms with Crippen LogP contribution in [0.1, 0.15) is 39.5 Å². The smallest absolute Gasteiger partial charge is 0.329 e. The monoisotopic (exact) mass is 337 g/mol. The summed E-state index contributed by atoms with van der Waals surface area (Å²) in [6, 6.07) is 0. The van der Waals surface area contributed by atoms with Crippen molar-refractivity contribution in [3.8, 4) is 0 Å². The predicted molar refractivity (Wildman–Crippen MR) is 94.7 cm³/mol. The molecule has 0 radical (unpaired) electrons. The van der Waals surface area contributed by atoms with E-state index in [0.717, 1.165) is 25.7 Å². The van der Waals surface area contributed by atoms with Crippen molar-refractivity contribution in [3.63, 3.8) is 0 Å². The van der Waals surface area contributed by atoms with Crippen LogP contribution >= 0.6 is 0 Å². The molecule has 2 N–H and O–H groups in total. The number of fused-ring (bicyclic) bond motifs is 1. The van der Waals surface area contributed by atoms with Crippen LogP contribution in [0, 0.1) is 0 Å². The molecular formula is C16H27N5O3. The van der Waals surface area contributed by atoms with Crippen LogP contribution in [0.25, 0.3) is 11.2 Å². The molecule has 2 heterocycles. The molecule has 0 saturated carbocycles. The zero-order chi connectivity index (χ0) is 17.5. The molecule has 0 saturated heterocycles. The first kappa shape index (κ1) is 18.3. The highest BCUT2D eigenvalue weighted by Gasteiger charge is 2.16. The van der Waals surface area contributed by atoms with Gasteiger partial charge in [-0.3, -0.25) is 14.3 Å². The normalized spacial score (nSPS) is 11.3. The van der Waals surface area contributed by atoms with Crippen molar-refractivity contribution in [3.05, 3.63) is 20.8 Å². The fourth-order valence-electron chi connectivity index (χ4n) is 2.63. The topological polar surface area (TPSA) is 93.9 Å². The Labute approximate surface area is 140 Å². The van der Waals surface area contributed by atoms with Gasteiger partial charge in [0.2, 0.25) is 5.95 Å². The van der Waals surface area contributed by atoms with E-state index in [1.807, 2.05) is 11.5 Å². The van der Waals surface area contributed by atoms with Gasteiger partial charge >= 0.3 is 5.69 Å². The lowest BCUT2D eigenvalue weighted by atomic mass is 10.2. The Hall–Kier alpha value is -2.09. The third-order valence-corrected chi connectivity index (χ3v) is 3.95. The maximum Gasteiger partial charge on any atom is 0.329 e. The van der Waals surface area contributed by atoms with Crippen molar-refractivity contribution < 1.29 is 4.74 Å². The van der Waals surface area contributed by atoms with E-state index in [4.69, 9.17) is 4.74 Å². The number of hydrogen-bond acceptors (Lipinski definition) is 5. The molecule has 2 aromatic rings. The summed E-state index contributed by atoms with van der Waals surface area (Å²) < 4.78 is 8.58. The lowest BCUT2D eigenvalue weighted by Crippen LogP contribution is -2.29. The Kier molecular flexibility index (Phi) is 6.60. The molecule has 0 atom stereocenters. The van der Waals surface area contributed by atoms with Gasteiger partial charge in [-0.1, -0.05) is 19.8 Å². The van der Waals surface area contributed by atoms with Gasteiger partial charge in [0.25, 0.3) is 5.56 Å². The number of hydrogen-bond donors (Lipinski definition) is 2. The second-order valence-electron chi connectivity index (χ2n) is 5.76. The van der Waals surface area contributed by atoms with Gasteiger partial charge < -0.3 is 14.6 Å². The van der Waals surface area contributed by atoms with E-state index in [2.05, 4.69) is 22.2 Å². The minimum Gasteiger partial charge on any atom is -0.382 e. The number of ether oxygens (including phenoxy) is 1. The van der Waals surface area contributed by atoms with Crippen molar-refractivity contribution in [2.24, 2.45) is 7.05 Å².